The van der Waals surface area contributed by atoms with Gasteiger partial charge in [-0.05, 0) is 47.4 Å². The number of aromatic hydroxyl groups is 1. The number of anilines is 1. The predicted molar refractivity (Wildman–Crippen MR) is 125 cm³/mol. The number of fused-ring (bicyclic) bond motifs is 1. The topological polar surface area (TPSA) is 117 Å². The minimum absolute atomic E-state index is 0.0191. The van der Waals surface area contributed by atoms with Crippen LogP contribution >= 0.6 is 0 Å². The number of benzene rings is 3. The molecule has 4 N–H and O–H groups in total. The van der Waals surface area contributed by atoms with E-state index in [-0.39, 0.29) is 30.8 Å². The van der Waals surface area contributed by atoms with Crippen molar-refractivity contribution >= 4 is 15.7 Å². The summed E-state index contributed by atoms with van der Waals surface area (Å²) in [6.45, 7) is 0.397. The summed E-state index contributed by atoms with van der Waals surface area (Å²) in [5.74, 6) is 1.17. The summed E-state index contributed by atoms with van der Waals surface area (Å²) in [5.41, 5.74) is 2.60. The lowest BCUT2D eigenvalue weighted by atomic mass is 9.97. The van der Waals surface area contributed by atoms with E-state index in [1.165, 1.54) is 12.1 Å². The number of sulfonamides is 1. The van der Waals surface area contributed by atoms with Gasteiger partial charge in [0.05, 0.1) is 18.0 Å². The van der Waals surface area contributed by atoms with Crippen molar-refractivity contribution in [2.24, 2.45) is 0 Å². The van der Waals surface area contributed by atoms with Crippen LogP contribution in [0.4, 0.5) is 5.69 Å². The molecule has 1 aliphatic rings. The predicted octanol–water partition coefficient (Wildman–Crippen LogP) is 3.10. The van der Waals surface area contributed by atoms with E-state index in [9.17, 15) is 18.6 Å². The lowest BCUT2D eigenvalue weighted by molar-refractivity contribution is 0.169. The number of phenols is 1. The van der Waals surface area contributed by atoms with Gasteiger partial charge in [0.15, 0.2) is 11.5 Å². The van der Waals surface area contributed by atoms with Crippen molar-refractivity contribution in [3.05, 3.63) is 83.4 Å². The summed E-state index contributed by atoms with van der Waals surface area (Å²) in [5, 5.41) is 24.1. The molecule has 0 spiro atoms. The van der Waals surface area contributed by atoms with E-state index in [2.05, 4.69) is 10.0 Å². The molecule has 0 aromatic heterocycles. The molecular formula is C24H26N2O6S. The molecule has 0 bridgehead atoms. The Kier molecular flexibility index (Phi) is 6.73. The van der Waals surface area contributed by atoms with Gasteiger partial charge in [-0.3, -0.25) is 4.72 Å². The van der Waals surface area contributed by atoms with E-state index in [0.29, 0.717) is 23.5 Å². The molecule has 8 nitrogen and oxygen atoms in total. The van der Waals surface area contributed by atoms with Crippen molar-refractivity contribution in [3.63, 3.8) is 0 Å². The second kappa shape index (κ2) is 9.70. The van der Waals surface area contributed by atoms with Crippen molar-refractivity contribution in [2.45, 2.75) is 18.6 Å². The highest BCUT2D eigenvalue weighted by Crippen LogP contribution is 2.35. The molecule has 0 aliphatic carbocycles. The first-order valence-electron chi connectivity index (χ1n) is 10.4. The van der Waals surface area contributed by atoms with Gasteiger partial charge in [-0.2, -0.15) is 0 Å². The first-order chi connectivity index (χ1) is 15.8. The normalized spacial score (nSPS) is 14.6. The van der Waals surface area contributed by atoms with Crippen LogP contribution in [0.1, 0.15) is 28.8 Å². The Morgan fingerprint density at radius 2 is 1.70 bits per heavy atom. The minimum atomic E-state index is -3.57. The van der Waals surface area contributed by atoms with Gasteiger partial charge in [-0.25, -0.2) is 8.42 Å². The van der Waals surface area contributed by atoms with Crippen LogP contribution in [0.2, 0.25) is 0 Å². The number of rotatable bonds is 9. The van der Waals surface area contributed by atoms with E-state index in [4.69, 9.17) is 9.47 Å². The number of aliphatic hydroxyl groups excluding tert-OH is 1. The standard InChI is InChI=1S/C24H26N2O6S/c1-33(29,30)26-20-12-18(7-9-21(20)27)22(28)14-25-19(11-16-5-3-2-4-6-16)17-8-10-23-24(13-17)32-15-31-23/h2-10,12-13,19,22,25-28H,11,14-15H2,1H3/t19?,22-/m0/s1. The lowest BCUT2D eigenvalue weighted by Gasteiger charge is -2.22. The Morgan fingerprint density at radius 1 is 0.970 bits per heavy atom. The van der Waals surface area contributed by atoms with Crippen LogP contribution in [0.25, 0.3) is 0 Å². The van der Waals surface area contributed by atoms with Gasteiger partial charge < -0.3 is 25.0 Å². The van der Waals surface area contributed by atoms with Crippen LogP contribution in [0.3, 0.4) is 0 Å². The summed E-state index contributed by atoms with van der Waals surface area (Å²) in [7, 11) is -3.57. The monoisotopic (exact) mass is 470 g/mol. The van der Waals surface area contributed by atoms with E-state index in [1.54, 1.807) is 6.07 Å². The summed E-state index contributed by atoms with van der Waals surface area (Å²) in [4.78, 5) is 0. The molecule has 3 aromatic carbocycles. The molecular weight excluding hydrogens is 444 g/mol. The minimum Gasteiger partial charge on any atom is -0.506 e. The summed E-state index contributed by atoms with van der Waals surface area (Å²) < 4.78 is 36.3. The number of hydrogen-bond donors (Lipinski definition) is 4. The third kappa shape index (κ3) is 5.95. The maximum absolute atomic E-state index is 11.5. The second-order valence-corrected chi connectivity index (χ2v) is 9.68. The smallest absolute Gasteiger partial charge is 0.231 e. The average molecular weight is 471 g/mol. The molecule has 2 atom stereocenters. The van der Waals surface area contributed by atoms with Gasteiger partial charge in [-0.1, -0.05) is 42.5 Å². The molecule has 0 fully saturated rings. The van der Waals surface area contributed by atoms with Crippen molar-refractivity contribution < 1.29 is 28.1 Å². The molecule has 9 heteroatoms. The van der Waals surface area contributed by atoms with Crippen molar-refractivity contribution in [1.82, 2.24) is 5.32 Å². The summed E-state index contributed by atoms with van der Waals surface area (Å²) in [6.07, 6.45) is 0.748. The molecule has 33 heavy (non-hydrogen) atoms. The Labute approximate surface area is 192 Å². The molecule has 1 unspecified atom stereocenters. The molecule has 3 aromatic rings. The van der Waals surface area contributed by atoms with Gasteiger partial charge in [0.1, 0.15) is 5.75 Å². The van der Waals surface area contributed by atoms with Crippen LogP contribution in [0.15, 0.2) is 66.7 Å². The molecule has 0 saturated carbocycles. The maximum Gasteiger partial charge on any atom is 0.231 e. The van der Waals surface area contributed by atoms with Crippen LogP contribution in [0, 0.1) is 0 Å². The van der Waals surface area contributed by atoms with Gasteiger partial charge in [0.2, 0.25) is 16.8 Å². The van der Waals surface area contributed by atoms with E-state index >= 15 is 0 Å². The lowest BCUT2D eigenvalue weighted by Crippen LogP contribution is -2.28. The Bertz CT molecular complexity index is 1220. The largest absolute Gasteiger partial charge is 0.506 e. The fourth-order valence-electron chi connectivity index (χ4n) is 3.70. The molecule has 1 heterocycles. The highest BCUT2D eigenvalue weighted by atomic mass is 32.2. The second-order valence-electron chi connectivity index (χ2n) is 7.93. The van der Waals surface area contributed by atoms with Crippen LogP contribution < -0.4 is 19.5 Å². The van der Waals surface area contributed by atoms with Gasteiger partial charge >= 0.3 is 0 Å². The van der Waals surface area contributed by atoms with Gasteiger partial charge in [0.25, 0.3) is 0 Å². The Hall–Kier alpha value is -3.27. The highest BCUT2D eigenvalue weighted by molar-refractivity contribution is 7.92. The van der Waals surface area contributed by atoms with E-state index in [0.717, 1.165) is 17.4 Å². The zero-order valence-corrected chi connectivity index (χ0v) is 18.9. The van der Waals surface area contributed by atoms with Crippen LogP contribution in [0.5, 0.6) is 17.2 Å². The first-order valence-corrected chi connectivity index (χ1v) is 12.3. The number of hydrogen-bond acceptors (Lipinski definition) is 7. The molecule has 174 valence electrons. The highest BCUT2D eigenvalue weighted by Gasteiger charge is 2.20. The van der Waals surface area contributed by atoms with Gasteiger partial charge in [-0.15, -0.1) is 0 Å². The van der Waals surface area contributed by atoms with Crippen molar-refractivity contribution in [3.8, 4) is 17.2 Å². The number of aliphatic hydroxyl groups is 1. The zero-order chi connectivity index (χ0) is 23.4. The number of ether oxygens (including phenoxy) is 2. The van der Waals surface area contributed by atoms with Crippen molar-refractivity contribution in [2.75, 3.05) is 24.3 Å². The molecule has 1 aliphatic heterocycles. The zero-order valence-electron chi connectivity index (χ0n) is 18.1. The molecule has 0 radical (unpaired) electrons. The van der Waals surface area contributed by atoms with Crippen LogP contribution in [-0.4, -0.2) is 38.2 Å². The van der Waals surface area contributed by atoms with E-state index < -0.39 is 16.1 Å². The third-order valence-corrected chi connectivity index (χ3v) is 5.93. The number of phenolic OH excluding ortho intramolecular Hbond substituents is 1. The quantitative estimate of drug-likeness (QED) is 0.355. The summed E-state index contributed by atoms with van der Waals surface area (Å²) in [6, 6.07) is 20.0. The fraction of sp³-hybridized carbons (Fsp3) is 0.250. The fourth-order valence-corrected chi connectivity index (χ4v) is 4.26. The maximum atomic E-state index is 11.5. The third-order valence-electron chi connectivity index (χ3n) is 5.34. The molecule has 4 rings (SSSR count). The first kappa shape index (κ1) is 22.9. The SMILES string of the molecule is CS(=O)(=O)Nc1cc([C@@H](O)CNC(Cc2ccccc2)c2ccc3c(c2)OCO3)ccc1O. The Morgan fingerprint density at radius 3 is 2.45 bits per heavy atom. The summed E-state index contributed by atoms with van der Waals surface area (Å²) >= 11 is 0. The van der Waals surface area contributed by atoms with Crippen molar-refractivity contribution in [1.29, 1.82) is 0 Å². The van der Waals surface area contributed by atoms with Crippen LogP contribution in [-0.2, 0) is 16.4 Å². The molecule has 0 amide bonds. The van der Waals surface area contributed by atoms with E-state index in [1.807, 2.05) is 48.5 Å². The average Bonchev–Trinajstić information content (AvgIpc) is 3.25. The molecule has 0 saturated heterocycles. The Balaban J connectivity index is 1.52. The van der Waals surface area contributed by atoms with Gasteiger partial charge in [0, 0.05) is 12.6 Å². The number of nitrogens with one attached hydrogen (secondary N) is 2.